The summed E-state index contributed by atoms with van der Waals surface area (Å²) < 4.78 is 0. The zero-order chi connectivity index (χ0) is 14.7. The molecule has 21 heavy (non-hydrogen) atoms. The molecule has 1 saturated heterocycles. The number of imide groups is 1. The maximum atomic E-state index is 11.8. The van der Waals surface area contributed by atoms with Gasteiger partial charge in [-0.3, -0.25) is 14.9 Å². The SMILES string of the molecule is O=C1CCC(NC2CCC(c3ccccc3)CC2)C(=O)N1. The highest BCUT2D eigenvalue weighted by Crippen LogP contribution is 2.33. The van der Waals surface area contributed by atoms with Crippen molar-refractivity contribution < 1.29 is 9.59 Å². The summed E-state index contributed by atoms with van der Waals surface area (Å²) in [5.41, 5.74) is 1.43. The summed E-state index contributed by atoms with van der Waals surface area (Å²) in [5.74, 6) is 0.341. The lowest BCUT2D eigenvalue weighted by Gasteiger charge is -2.33. The largest absolute Gasteiger partial charge is 0.303 e. The van der Waals surface area contributed by atoms with Gasteiger partial charge in [0.05, 0.1) is 6.04 Å². The van der Waals surface area contributed by atoms with Crippen molar-refractivity contribution in [1.82, 2.24) is 10.6 Å². The number of benzene rings is 1. The first kappa shape index (κ1) is 14.3. The maximum absolute atomic E-state index is 11.8. The lowest BCUT2D eigenvalue weighted by atomic mass is 9.81. The van der Waals surface area contributed by atoms with Crippen LogP contribution in [-0.4, -0.2) is 23.9 Å². The molecule has 1 unspecified atom stereocenters. The van der Waals surface area contributed by atoms with Gasteiger partial charge in [-0.25, -0.2) is 0 Å². The summed E-state index contributed by atoms with van der Waals surface area (Å²) in [6, 6.07) is 10.9. The average Bonchev–Trinajstić information content (AvgIpc) is 2.52. The van der Waals surface area contributed by atoms with Crippen LogP contribution in [0.3, 0.4) is 0 Å². The first-order valence-corrected chi connectivity index (χ1v) is 7.87. The van der Waals surface area contributed by atoms with Gasteiger partial charge in [0.25, 0.3) is 0 Å². The molecule has 0 bridgehead atoms. The zero-order valence-corrected chi connectivity index (χ0v) is 12.2. The Bertz CT molecular complexity index is 507. The van der Waals surface area contributed by atoms with E-state index in [0.717, 1.165) is 25.7 Å². The van der Waals surface area contributed by atoms with Crippen molar-refractivity contribution in [3.63, 3.8) is 0 Å². The summed E-state index contributed by atoms with van der Waals surface area (Å²) in [6.45, 7) is 0. The van der Waals surface area contributed by atoms with Crippen LogP contribution in [0.25, 0.3) is 0 Å². The van der Waals surface area contributed by atoms with Gasteiger partial charge in [0.15, 0.2) is 0 Å². The molecule has 4 nitrogen and oxygen atoms in total. The van der Waals surface area contributed by atoms with E-state index < -0.39 is 0 Å². The highest BCUT2D eigenvalue weighted by atomic mass is 16.2. The second-order valence-electron chi connectivity index (χ2n) is 6.13. The van der Waals surface area contributed by atoms with E-state index >= 15 is 0 Å². The number of carbonyl (C=O) groups excluding carboxylic acids is 2. The minimum atomic E-state index is -0.194. The molecule has 2 N–H and O–H groups in total. The van der Waals surface area contributed by atoms with E-state index in [1.54, 1.807) is 0 Å². The second-order valence-corrected chi connectivity index (χ2v) is 6.13. The second kappa shape index (κ2) is 6.39. The van der Waals surface area contributed by atoms with E-state index in [-0.39, 0.29) is 17.9 Å². The van der Waals surface area contributed by atoms with Gasteiger partial charge in [-0.05, 0) is 43.6 Å². The van der Waals surface area contributed by atoms with Gasteiger partial charge in [-0.2, -0.15) is 0 Å². The standard InChI is InChI=1S/C17H22N2O2/c20-16-11-10-15(17(21)19-16)18-14-8-6-13(7-9-14)12-4-2-1-3-5-12/h1-5,13-15,18H,6-11H2,(H,19,20,21). The molecule has 1 aromatic rings. The van der Waals surface area contributed by atoms with Gasteiger partial charge < -0.3 is 5.32 Å². The highest BCUT2D eigenvalue weighted by molar-refractivity contribution is 6.00. The Morgan fingerprint density at radius 1 is 0.952 bits per heavy atom. The molecule has 0 spiro atoms. The first-order valence-electron chi connectivity index (χ1n) is 7.87. The quantitative estimate of drug-likeness (QED) is 0.837. The van der Waals surface area contributed by atoms with Crippen molar-refractivity contribution in [2.75, 3.05) is 0 Å². The van der Waals surface area contributed by atoms with Crippen LogP contribution >= 0.6 is 0 Å². The van der Waals surface area contributed by atoms with Gasteiger partial charge in [-0.1, -0.05) is 30.3 Å². The van der Waals surface area contributed by atoms with Gasteiger partial charge >= 0.3 is 0 Å². The van der Waals surface area contributed by atoms with Crippen molar-refractivity contribution in [2.24, 2.45) is 0 Å². The fraction of sp³-hybridized carbons (Fsp3) is 0.529. The molecule has 1 aliphatic heterocycles. The van der Waals surface area contributed by atoms with Crippen molar-refractivity contribution in [3.05, 3.63) is 35.9 Å². The summed E-state index contributed by atoms with van der Waals surface area (Å²) in [4.78, 5) is 22.9. The van der Waals surface area contributed by atoms with Crippen LogP contribution in [0.15, 0.2) is 30.3 Å². The minimum absolute atomic E-state index is 0.147. The summed E-state index contributed by atoms with van der Waals surface area (Å²) >= 11 is 0. The number of piperidine rings is 1. The van der Waals surface area contributed by atoms with Crippen LogP contribution in [-0.2, 0) is 9.59 Å². The number of hydrogen-bond donors (Lipinski definition) is 2. The molecule has 112 valence electrons. The topological polar surface area (TPSA) is 58.2 Å². The van der Waals surface area contributed by atoms with Gasteiger partial charge in [0.1, 0.15) is 0 Å². The molecular formula is C17H22N2O2. The van der Waals surface area contributed by atoms with Crippen molar-refractivity contribution in [2.45, 2.75) is 56.5 Å². The summed E-state index contributed by atoms with van der Waals surface area (Å²) in [6.07, 6.45) is 5.59. The molecule has 1 aromatic carbocycles. The Kier molecular flexibility index (Phi) is 4.34. The molecule has 4 heteroatoms. The first-order chi connectivity index (χ1) is 10.2. The van der Waals surface area contributed by atoms with Crippen LogP contribution in [0.1, 0.15) is 50.0 Å². The van der Waals surface area contributed by atoms with E-state index in [1.165, 1.54) is 5.56 Å². The molecule has 1 aliphatic carbocycles. The van der Waals surface area contributed by atoms with Crippen molar-refractivity contribution >= 4 is 11.8 Å². The van der Waals surface area contributed by atoms with Crippen LogP contribution in [0, 0.1) is 0 Å². The maximum Gasteiger partial charge on any atom is 0.243 e. The van der Waals surface area contributed by atoms with E-state index in [0.29, 0.717) is 24.8 Å². The Balaban J connectivity index is 1.50. The predicted molar refractivity (Wildman–Crippen MR) is 80.7 cm³/mol. The van der Waals surface area contributed by atoms with E-state index in [9.17, 15) is 9.59 Å². The third-order valence-electron chi connectivity index (χ3n) is 4.67. The molecule has 0 aromatic heterocycles. The van der Waals surface area contributed by atoms with Crippen molar-refractivity contribution in [3.8, 4) is 0 Å². The van der Waals surface area contributed by atoms with E-state index in [2.05, 4.69) is 41.0 Å². The van der Waals surface area contributed by atoms with Gasteiger partial charge in [-0.15, -0.1) is 0 Å². The Hall–Kier alpha value is -1.68. The third-order valence-corrected chi connectivity index (χ3v) is 4.67. The molecule has 1 heterocycles. The number of nitrogens with one attached hydrogen (secondary N) is 2. The minimum Gasteiger partial charge on any atom is -0.303 e. The van der Waals surface area contributed by atoms with Crippen LogP contribution in [0.2, 0.25) is 0 Å². The molecule has 0 radical (unpaired) electrons. The molecular weight excluding hydrogens is 264 g/mol. The van der Waals surface area contributed by atoms with Crippen LogP contribution < -0.4 is 10.6 Å². The molecule has 2 amide bonds. The zero-order valence-electron chi connectivity index (χ0n) is 12.2. The normalized spacial score (nSPS) is 30.0. The lowest BCUT2D eigenvalue weighted by Crippen LogP contribution is -2.53. The van der Waals surface area contributed by atoms with Crippen LogP contribution in [0.4, 0.5) is 0 Å². The molecule has 2 aliphatic rings. The fourth-order valence-corrected chi connectivity index (χ4v) is 3.46. The number of hydrogen-bond acceptors (Lipinski definition) is 3. The monoisotopic (exact) mass is 286 g/mol. The van der Waals surface area contributed by atoms with Gasteiger partial charge in [0.2, 0.25) is 11.8 Å². The van der Waals surface area contributed by atoms with E-state index in [1.807, 2.05) is 0 Å². The van der Waals surface area contributed by atoms with Crippen LogP contribution in [0.5, 0.6) is 0 Å². The van der Waals surface area contributed by atoms with E-state index in [4.69, 9.17) is 0 Å². The third kappa shape index (κ3) is 3.50. The Labute approximate surface area is 125 Å². The molecule has 1 atom stereocenters. The highest BCUT2D eigenvalue weighted by Gasteiger charge is 2.30. The van der Waals surface area contributed by atoms with Crippen molar-refractivity contribution in [1.29, 1.82) is 0 Å². The molecule has 3 rings (SSSR count). The Morgan fingerprint density at radius 2 is 1.67 bits per heavy atom. The number of carbonyl (C=O) groups is 2. The number of rotatable bonds is 3. The fourth-order valence-electron chi connectivity index (χ4n) is 3.46. The number of amides is 2. The lowest BCUT2D eigenvalue weighted by molar-refractivity contribution is -0.134. The molecule has 2 fully saturated rings. The average molecular weight is 286 g/mol. The predicted octanol–water partition coefficient (Wildman–Crippen LogP) is 2.11. The summed E-state index contributed by atoms with van der Waals surface area (Å²) in [7, 11) is 0. The smallest absolute Gasteiger partial charge is 0.243 e. The Morgan fingerprint density at radius 3 is 2.33 bits per heavy atom. The van der Waals surface area contributed by atoms with Gasteiger partial charge in [0, 0.05) is 12.5 Å². The summed E-state index contributed by atoms with van der Waals surface area (Å²) in [5, 5.41) is 5.85. The molecule has 1 saturated carbocycles.